The fourth-order valence-electron chi connectivity index (χ4n) is 3.74. The maximum Gasteiger partial charge on any atom is 0.417 e. The third kappa shape index (κ3) is 3.87. The topological polar surface area (TPSA) is 95.1 Å². The predicted octanol–water partition coefficient (Wildman–Crippen LogP) is 4.21. The highest BCUT2D eigenvalue weighted by molar-refractivity contribution is 6.23. The Balaban J connectivity index is 1.63. The van der Waals surface area contributed by atoms with Gasteiger partial charge in [0, 0.05) is 6.54 Å². The van der Waals surface area contributed by atoms with Crippen molar-refractivity contribution in [1.29, 1.82) is 5.26 Å². The van der Waals surface area contributed by atoms with E-state index in [-0.39, 0.29) is 12.2 Å². The number of alkyl halides is 3. The molecule has 0 aliphatic carbocycles. The van der Waals surface area contributed by atoms with Gasteiger partial charge >= 0.3 is 12.2 Å². The smallest absolute Gasteiger partial charge is 0.305 e. The Labute approximate surface area is 192 Å². The fraction of sp³-hybridized carbons (Fsp3) is 0.261. The number of anilines is 1. The lowest BCUT2D eigenvalue weighted by atomic mass is 10.0. The summed E-state index contributed by atoms with van der Waals surface area (Å²) in [7, 11) is 0. The molecule has 0 radical (unpaired) electrons. The Kier molecular flexibility index (Phi) is 5.39. The van der Waals surface area contributed by atoms with Crippen LogP contribution < -0.4 is 4.90 Å². The first-order valence-electron chi connectivity index (χ1n) is 10.2. The second-order valence-corrected chi connectivity index (χ2v) is 8.38. The number of aryl methyl sites for hydroxylation is 1. The number of halogens is 3. The van der Waals surface area contributed by atoms with Crippen LogP contribution in [0, 0.1) is 18.3 Å². The van der Waals surface area contributed by atoms with Gasteiger partial charge in [-0.1, -0.05) is 17.3 Å². The van der Waals surface area contributed by atoms with Crippen LogP contribution in [0.1, 0.15) is 36.2 Å². The Morgan fingerprint density at radius 2 is 1.71 bits per heavy atom. The number of carbonyl (C=O) groups is 2. The quantitative estimate of drug-likeness (QED) is 0.535. The van der Waals surface area contributed by atoms with Crippen molar-refractivity contribution in [3.8, 4) is 11.8 Å². The molecule has 0 N–H and O–H groups in total. The minimum atomic E-state index is -4.81. The SMILES string of the molecule is Cc1cn(-c2ccc(CN3C(=O)N(c4ccc(C#N)c(C(F)(F)F)c4)C(=O)C3(C)C)cc2)nn1. The molecular weight excluding hydrogens is 449 g/mol. The fourth-order valence-corrected chi connectivity index (χ4v) is 3.74. The molecule has 0 spiro atoms. The van der Waals surface area contributed by atoms with Crippen LogP contribution in [0.3, 0.4) is 0 Å². The number of carbonyl (C=O) groups excluding carboxylic acids is 2. The third-order valence-electron chi connectivity index (χ3n) is 5.66. The number of nitrogens with zero attached hydrogens (tertiary/aromatic N) is 6. The highest BCUT2D eigenvalue weighted by Crippen LogP contribution is 2.38. The molecule has 1 aromatic heterocycles. The third-order valence-corrected chi connectivity index (χ3v) is 5.66. The standard InChI is InChI=1S/C23H19F3N6O2/c1-14-12-31(29-28-14)17-7-4-15(5-8-17)13-30-21(34)32(20(33)22(30,2)3)18-9-6-16(11-27)19(10-18)23(24,25)26/h4-10,12H,13H2,1-3H3. The van der Waals surface area contributed by atoms with E-state index in [1.54, 1.807) is 35.1 Å². The van der Waals surface area contributed by atoms with Crippen LogP contribution in [0.4, 0.5) is 23.7 Å². The Morgan fingerprint density at radius 3 is 2.26 bits per heavy atom. The lowest BCUT2D eigenvalue weighted by molar-refractivity contribution is -0.137. The monoisotopic (exact) mass is 468 g/mol. The van der Waals surface area contributed by atoms with Crippen LogP contribution in [0.2, 0.25) is 0 Å². The van der Waals surface area contributed by atoms with Crippen molar-refractivity contribution in [2.45, 2.75) is 39.0 Å². The minimum Gasteiger partial charge on any atom is -0.305 e. The molecular formula is C23H19F3N6O2. The zero-order valence-corrected chi connectivity index (χ0v) is 18.5. The average Bonchev–Trinajstić information content (AvgIpc) is 3.29. The Hall–Kier alpha value is -4.20. The summed E-state index contributed by atoms with van der Waals surface area (Å²) in [5.41, 5.74) is -1.11. The normalized spacial score (nSPS) is 15.7. The molecule has 4 rings (SSSR count). The van der Waals surface area contributed by atoms with Gasteiger partial charge in [-0.25, -0.2) is 14.4 Å². The highest BCUT2D eigenvalue weighted by Gasteiger charge is 2.52. The number of benzene rings is 2. The van der Waals surface area contributed by atoms with Gasteiger partial charge in [0.2, 0.25) is 0 Å². The van der Waals surface area contributed by atoms with Crippen molar-refractivity contribution in [3.63, 3.8) is 0 Å². The molecule has 2 heterocycles. The van der Waals surface area contributed by atoms with Crippen molar-refractivity contribution < 1.29 is 22.8 Å². The summed E-state index contributed by atoms with van der Waals surface area (Å²) in [5, 5.41) is 16.9. The van der Waals surface area contributed by atoms with E-state index in [9.17, 15) is 22.8 Å². The molecule has 1 fully saturated rings. The van der Waals surface area contributed by atoms with Crippen LogP contribution in [0.5, 0.6) is 0 Å². The van der Waals surface area contributed by atoms with E-state index in [0.29, 0.717) is 11.6 Å². The van der Waals surface area contributed by atoms with Crippen molar-refractivity contribution in [1.82, 2.24) is 19.9 Å². The molecule has 11 heteroatoms. The minimum absolute atomic E-state index is 0.0626. The van der Waals surface area contributed by atoms with Gasteiger partial charge < -0.3 is 4.90 Å². The van der Waals surface area contributed by atoms with Gasteiger partial charge in [-0.3, -0.25) is 4.79 Å². The molecule has 3 aromatic rings. The van der Waals surface area contributed by atoms with Gasteiger partial charge in [-0.05, 0) is 56.7 Å². The van der Waals surface area contributed by atoms with Crippen molar-refractivity contribution >= 4 is 17.6 Å². The molecule has 0 unspecified atom stereocenters. The molecule has 1 aliphatic rings. The molecule has 34 heavy (non-hydrogen) atoms. The van der Waals surface area contributed by atoms with Gasteiger partial charge in [0.15, 0.2) is 0 Å². The van der Waals surface area contributed by atoms with Crippen LogP contribution in [0.15, 0.2) is 48.7 Å². The van der Waals surface area contributed by atoms with Crippen LogP contribution in [-0.2, 0) is 17.5 Å². The molecule has 0 bridgehead atoms. The summed E-state index contributed by atoms with van der Waals surface area (Å²) in [6.45, 7) is 4.95. The number of rotatable bonds is 4. The van der Waals surface area contributed by atoms with Crippen LogP contribution in [-0.4, -0.2) is 37.4 Å². The van der Waals surface area contributed by atoms with E-state index < -0.39 is 34.8 Å². The van der Waals surface area contributed by atoms with Gasteiger partial charge in [-0.2, -0.15) is 18.4 Å². The summed E-state index contributed by atoms with van der Waals surface area (Å²) < 4.78 is 41.8. The van der Waals surface area contributed by atoms with Crippen molar-refractivity contribution in [3.05, 3.63) is 71.0 Å². The Bertz CT molecular complexity index is 1320. The summed E-state index contributed by atoms with van der Waals surface area (Å²) in [6, 6.07) is 10.6. The van der Waals surface area contributed by atoms with Gasteiger partial charge in [0.1, 0.15) is 5.54 Å². The van der Waals surface area contributed by atoms with E-state index >= 15 is 0 Å². The lowest BCUT2D eigenvalue weighted by Crippen LogP contribution is -2.43. The maximum absolute atomic E-state index is 13.4. The zero-order valence-electron chi connectivity index (χ0n) is 18.5. The van der Waals surface area contributed by atoms with E-state index in [0.717, 1.165) is 28.4 Å². The van der Waals surface area contributed by atoms with Crippen LogP contribution in [0.25, 0.3) is 5.69 Å². The molecule has 1 saturated heterocycles. The summed E-state index contributed by atoms with van der Waals surface area (Å²) in [4.78, 5) is 28.3. The first kappa shape index (κ1) is 23.0. The second-order valence-electron chi connectivity index (χ2n) is 8.38. The van der Waals surface area contributed by atoms with Crippen molar-refractivity contribution in [2.24, 2.45) is 0 Å². The number of amides is 3. The van der Waals surface area contributed by atoms with E-state index in [1.165, 1.54) is 24.8 Å². The van der Waals surface area contributed by atoms with E-state index in [4.69, 9.17) is 5.26 Å². The van der Waals surface area contributed by atoms with Gasteiger partial charge in [0.25, 0.3) is 5.91 Å². The molecule has 0 saturated carbocycles. The van der Waals surface area contributed by atoms with Crippen LogP contribution >= 0.6 is 0 Å². The number of hydrogen-bond donors (Lipinski definition) is 0. The number of urea groups is 1. The largest absolute Gasteiger partial charge is 0.417 e. The summed E-state index contributed by atoms with van der Waals surface area (Å²) >= 11 is 0. The van der Waals surface area contributed by atoms with E-state index in [2.05, 4.69) is 10.3 Å². The average molecular weight is 468 g/mol. The molecule has 1 aliphatic heterocycles. The van der Waals surface area contributed by atoms with Crippen molar-refractivity contribution in [2.75, 3.05) is 4.90 Å². The molecule has 3 amide bonds. The Morgan fingerprint density at radius 1 is 1.06 bits per heavy atom. The predicted molar refractivity (Wildman–Crippen MR) is 115 cm³/mol. The molecule has 174 valence electrons. The maximum atomic E-state index is 13.4. The summed E-state index contributed by atoms with van der Waals surface area (Å²) in [6.07, 6.45) is -3.06. The second kappa shape index (κ2) is 7.98. The van der Waals surface area contributed by atoms with E-state index in [1.807, 2.05) is 6.92 Å². The number of aromatic nitrogens is 3. The highest BCUT2D eigenvalue weighted by atomic mass is 19.4. The molecule has 8 nitrogen and oxygen atoms in total. The lowest BCUT2D eigenvalue weighted by Gasteiger charge is -2.27. The first-order valence-corrected chi connectivity index (χ1v) is 10.2. The first-order chi connectivity index (χ1) is 15.9. The van der Waals surface area contributed by atoms with Gasteiger partial charge in [0.05, 0.1) is 40.5 Å². The molecule has 2 aromatic carbocycles. The van der Waals surface area contributed by atoms with Gasteiger partial charge in [-0.15, -0.1) is 5.10 Å². The number of hydrogen-bond acceptors (Lipinski definition) is 5. The zero-order chi connectivity index (χ0) is 24.8. The number of imide groups is 1. The molecule has 0 atom stereocenters. The summed E-state index contributed by atoms with van der Waals surface area (Å²) in [5.74, 6) is -0.662. The number of nitriles is 1.